The highest BCUT2D eigenvalue weighted by Crippen LogP contribution is 2.33. The van der Waals surface area contributed by atoms with Crippen molar-refractivity contribution in [2.75, 3.05) is 25.0 Å². The summed E-state index contributed by atoms with van der Waals surface area (Å²) in [4.78, 5) is 16.2. The summed E-state index contributed by atoms with van der Waals surface area (Å²) in [5.74, 6) is 1.84. The molecule has 5 rings (SSSR count). The quantitative estimate of drug-likeness (QED) is 0.657. The van der Waals surface area contributed by atoms with Gasteiger partial charge in [-0.1, -0.05) is 0 Å². The fourth-order valence-corrected chi connectivity index (χ4v) is 3.71. The first-order valence-electron chi connectivity index (χ1n) is 10.2. The van der Waals surface area contributed by atoms with Crippen molar-refractivity contribution in [3.05, 3.63) is 42.4 Å². The van der Waals surface area contributed by atoms with E-state index in [9.17, 15) is 10.1 Å². The van der Waals surface area contributed by atoms with E-state index in [1.807, 2.05) is 24.4 Å². The Morgan fingerprint density at radius 1 is 1.33 bits per heavy atom. The number of fused-ring (bicyclic) bond motifs is 1. The lowest BCUT2D eigenvalue weighted by Crippen LogP contribution is -2.15. The van der Waals surface area contributed by atoms with Crippen LogP contribution in [0.1, 0.15) is 25.0 Å². The number of amides is 1. The van der Waals surface area contributed by atoms with Crippen molar-refractivity contribution in [1.82, 2.24) is 19.9 Å². The summed E-state index contributed by atoms with van der Waals surface area (Å²) in [5.41, 5.74) is 2.91. The summed E-state index contributed by atoms with van der Waals surface area (Å²) in [6, 6.07) is 9.59. The van der Waals surface area contributed by atoms with Crippen molar-refractivity contribution in [2.24, 2.45) is 11.8 Å². The Labute approximate surface area is 173 Å². The van der Waals surface area contributed by atoms with E-state index in [2.05, 4.69) is 26.8 Å². The van der Waals surface area contributed by atoms with E-state index in [-0.39, 0.29) is 11.8 Å². The molecule has 2 aliphatic rings. The van der Waals surface area contributed by atoms with Crippen LogP contribution in [0.2, 0.25) is 0 Å². The molecule has 1 aliphatic carbocycles. The molecule has 0 radical (unpaired) electrons. The molecule has 152 valence electrons. The highest BCUT2D eigenvalue weighted by Gasteiger charge is 2.30. The molecule has 0 aromatic carbocycles. The second-order valence-corrected chi connectivity index (χ2v) is 7.93. The lowest BCUT2D eigenvalue weighted by molar-refractivity contribution is -0.117. The zero-order chi connectivity index (χ0) is 20.5. The maximum absolute atomic E-state index is 12.0. The van der Waals surface area contributed by atoms with Gasteiger partial charge in [-0.25, -0.2) is 9.50 Å². The highest BCUT2D eigenvalue weighted by atomic mass is 16.5. The van der Waals surface area contributed by atoms with Gasteiger partial charge in [0.1, 0.15) is 17.5 Å². The molecule has 1 amide bonds. The van der Waals surface area contributed by atoms with Gasteiger partial charge in [-0.2, -0.15) is 10.4 Å². The number of ether oxygens (including phenoxy) is 1. The van der Waals surface area contributed by atoms with Gasteiger partial charge in [-0.05, 0) is 49.6 Å². The van der Waals surface area contributed by atoms with Crippen molar-refractivity contribution in [3.8, 4) is 22.9 Å². The topological polar surface area (TPSA) is 104 Å². The van der Waals surface area contributed by atoms with E-state index >= 15 is 0 Å². The minimum Gasteiger partial charge on any atom is -0.491 e. The van der Waals surface area contributed by atoms with Crippen LogP contribution >= 0.6 is 0 Å². The number of nitrogens with one attached hydrogen (secondary N) is 2. The second-order valence-electron chi connectivity index (χ2n) is 7.93. The van der Waals surface area contributed by atoms with Crippen LogP contribution in [0.25, 0.3) is 16.6 Å². The van der Waals surface area contributed by atoms with Crippen LogP contribution in [-0.2, 0) is 4.79 Å². The average Bonchev–Trinajstić information content (AvgIpc) is 3.34. The first-order valence-corrected chi connectivity index (χ1v) is 10.2. The van der Waals surface area contributed by atoms with E-state index in [4.69, 9.17) is 4.74 Å². The molecule has 2 fully saturated rings. The van der Waals surface area contributed by atoms with Gasteiger partial charge in [0, 0.05) is 36.2 Å². The first-order chi connectivity index (χ1) is 14.7. The van der Waals surface area contributed by atoms with Crippen LogP contribution in [0.3, 0.4) is 0 Å². The van der Waals surface area contributed by atoms with E-state index in [0.717, 1.165) is 49.0 Å². The molecule has 3 aromatic heterocycles. The molecule has 1 saturated heterocycles. The van der Waals surface area contributed by atoms with Gasteiger partial charge < -0.3 is 15.4 Å². The van der Waals surface area contributed by atoms with Crippen molar-refractivity contribution in [2.45, 2.75) is 19.3 Å². The lowest BCUT2D eigenvalue weighted by Gasteiger charge is -2.14. The van der Waals surface area contributed by atoms with Gasteiger partial charge in [-0.15, -0.1) is 0 Å². The van der Waals surface area contributed by atoms with Gasteiger partial charge in [0.25, 0.3) is 0 Å². The summed E-state index contributed by atoms with van der Waals surface area (Å²) in [7, 11) is 0. The van der Waals surface area contributed by atoms with Crippen molar-refractivity contribution < 1.29 is 9.53 Å². The SMILES string of the molecule is N#Cc1cc(-c2ccn3nc(NC(=O)C4CC4)cc3c2)c(OC[C@@H]2CCNC2)cn1. The molecule has 1 saturated carbocycles. The number of rotatable bonds is 6. The van der Waals surface area contributed by atoms with Crippen LogP contribution in [0.4, 0.5) is 5.82 Å². The van der Waals surface area contributed by atoms with Crippen molar-refractivity contribution in [1.29, 1.82) is 5.26 Å². The predicted molar refractivity (Wildman–Crippen MR) is 111 cm³/mol. The van der Waals surface area contributed by atoms with Gasteiger partial charge in [0.2, 0.25) is 5.91 Å². The molecule has 0 spiro atoms. The minimum atomic E-state index is 0.0310. The first kappa shape index (κ1) is 18.6. The van der Waals surface area contributed by atoms with Gasteiger partial charge in [0.05, 0.1) is 18.3 Å². The predicted octanol–water partition coefficient (Wildman–Crippen LogP) is 2.60. The zero-order valence-corrected chi connectivity index (χ0v) is 16.5. The number of hydrogen-bond acceptors (Lipinski definition) is 6. The molecular formula is C22H22N6O2. The number of nitriles is 1. The minimum absolute atomic E-state index is 0.0310. The molecule has 0 bridgehead atoms. The van der Waals surface area contributed by atoms with E-state index < -0.39 is 0 Å². The number of pyridine rings is 2. The zero-order valence-electron chi connectivity index (χ0n) is 16.5. The Morgan fingerprint density at radius 2 is 2.23 bits per heavy atom. The van der Waals surface area contributed by atoms with Crippen LogP contribution in [0, 0.1) is 23.2 Å². The summed E-state index contributed by atoms with van der Waals surface area (Å²) in [5, 5.41) is 19.9. The number of nitrogens with zero attached hydrogens (tertiary/aromatic N) is 4. The van der Waals surface area contributed by atoms with Crippen molar-refractivity contribution >= 4 is 17.2 Å². The molecule has 1 aliphatic heterocycles. The average molecular weight is 402 g/mol. The third kappa shape index (κ3) is 3.84. The molecule has 1 atom stereocenters. The molecule has 4 heterocycles. The summed E-state index contributed by atoms with van der Waals surface area (Å²) in [6.07, 6.45) is 6.46. The molecule has 2 N–H and O–H groups in total. The van der Waals surface area contributed by atoms with Crippen LogP contribution in [0.5, 0.6) is 5.75 Å². The van der Waals surface area contributed by atoms with E-state index in [0.29, 0.717) is 29.8 Å². The van der Waals surface area contributed by atoms with E-state index in [1.165, 1.54) is 0 Å². The number of carbonyl (C=O) groups excluding carboxylic acids is 1. The fraction of sp³-hybridized carbons (Fsp3) is 0.364. The molecule has 8 heteroatoms. The third-order valence-electron chi connectivity index (χ3n) is 5.59. The van der Waals surface area contributed by atoms with Crippen LogP contribution in [0.15, 0.2) is 36.7 Å². The summed E-state index contributed by atoms with van der Waals surface area (Å²) >= 11 is 0. The smallest absolute Gasteiger partial charge is 0.228 e. The lowest BCUT2D eigenvalue weighted by atomic mass is 10.1. The summed E-state index contributed by atoms with van der Waals surface area (Å²) in [6.45, 7) is 2.58. The normalized spacial score (nSPS) is 18.3. The molecule has 3 aromatic rings. The van der Waals surface area contributed by atoms with Gasteiger partial charge in [-0.3, -0.25) is 4.79 Å². The molecule has 0 unspecified atom stereocenters. The Morgan fingerprint density at radius 3 is 3.00 bits per heavy atom. The van der Waals surface area contributed by atoms with Gasteiger partial charge in [0.15, 0.2) is 5.82 Å². The largest absolute Gasteiger partial charge is 0.491 e. The number of anilines is 1. The number of hydrogen-bond donors (Lipinski definition) is 2. The molecule has 8 nitrogen and oxygen atoms in total. The number of aromatic nitrogens is 3. The monoisotopic (exact) mass is 402 g/mol. The second kappa shape index (κ2) is 7.76. The third-order valence-corrected chi connectivity index (χ3v) is 5.59. The Kier molecular flexibility index (Phi) is 4.81. The van der Waals surface area contributed by atoms with Gasteiger partial charge >= 0.3 is 0 Å². The van der Waals surface area contributed by atoms with Crippen molar-refractivity contribution in [3.63, 3.8) is 0 Å². The van der Waals surface area contributed by atoms with Crippen LogP contribution in [-0.4, -0.2) is 40.2 Å². The maximum atomic E-state index is 12.0. The number of carbonyl (C=O) groups is 1. The maximum Gasteiger partial charge on any atom is 0.228 e. The Hall–Kier alpha value is -3.44. The van der Waals surface area contributed by atoms with E-state index in [1.54, 1.807) is 16.8 Å². The molecule has 30 heavy (non-hydrogen) atoms. The Bertz CT molecular complexity index is 1140. The molecular weight excluding hydrogens is 380 g/mol. The standard InChI is InChI=1S/C22H22N6O2/c23-10-17-8-19(20(12-25-17)30-13-14-3-5-24-11-14)16-4-6-28-18(7-16)9-21(27-28)26-22(29)15-1-2-15/h4,6-9,12,14-15,24H,1-3,5,11,13H2,(H,26,27,29)/t14-/m1/s1. The van der Waals surface area contributed by atoms with Crippen LogP contribution < -0.4 is 15.4 Å². The Balaban J connectivity index is 1.43. The summed E-state index contributed by atoms with van der Waals surface area (Å²) < 4.78 is 7.81. The fourth-order valence-electron chi connectivity index (χ4n) is 3.71. The highest BCUT2D eigenvalue weighted by molar-refractivity contribution is 5.93.